The van der Waals surface area contributed by atoms with Crippen LogP contribution in [0.25, 0.3) is 0 Å². The van der Waals surface area contributed by atoms with Crippen molar-refractivity contribution in [2.75, 3.05) is 0 Å². The van der Waals surface area contributed by atoms with Crippen molar-refractivity contribution < 1.29 is 19.6 Å². The maximum atomic E-state index is 11.7. The molecule has 98 valence electrons. The van der Waals surface area contributed by atoms with Gasteiger partial charge in [0, 0.05) is 6.20 Å². The molecule has 1 aromatic rings. The van der Waals surface area contributed by atoms with Crippen molar-refractivity contribution in [3.63, 3.8) is 0 Å². The second-order valence-electron chi connectivity index (χ2n) is 4.90. The zero-order valence-electron chi connectivity index (χ0n) is 10.6. The highest BCUT2D eigenvalue weighted by molar-refractivity contribution is 6.58. The summed E-state index contributed by atoms with van der Waals surface area (Å²) in [4.78, 5) is 15.7. The molecular formula is C11H17BN2O4. The summed E-state index contributed by atoms with van der Waals surface area (Å²) in [5.41, 5.74) is 5.53. The molecule has 1 unspecified atom stereocenters. The first-order valence-corrected chi connectivity index (χ1v) is 5.51. The molecule has 4 N–H and O–H groups in total. The molecule has 1 heterocycles. The van der Waals surface area contributed by atoms with E-state index in [2.05, 4.69) is 4.98 Å². The number of nitrogens with zero attached hydrogens (tertiary/aromatic N) is 1. The highest BCUT2D eigenvalue weighted by atomic mass is 16.6. The van der Waals surface area contributed by atoms with Crippen LogP contribution in [-0.2, 0) is 9.53 Å². The second kappa shape index (κ2) is 5.47. The van der Waals surface area contributed by atoms with Crippen molar-refractivity contribution in [2.24, 2.45) is 5.73 Å². The molecule has 0 aliphatic heterocycles. The number of nitrogens with two attached hydrogens (primary N) is 1. The SMILES string of the molecule is CC(C)(C)OC(=O)C(N)c1cc(B(O)O)ccn1. The third kappa shape index (κ3) is 4.10. The average molecular weight is 252 g/mol. The standard InChI is InChI=1S/C11H17BN2O4/c1-11(2,3)18-10(15)9(13)8-6-7(12(16)17)4-5-14-8/h4-6,9,16-17H,13H2,1-3H3. The molecule has 0 aliphatic carbocycles. The summed E-state index contributed by atoms with van der Waals surface area (Å²) in [6.45, 7) is 5.21. The van der Waals surface area contributed by atoms with Gasteiger partial charge in [-0.3, -0.25) is 4.98 Å². The molecule has 0 radical (unpaired) electrons. The number of ether oxygens (including phenoxy) is 1. The van der Waals surface area contributed by atoms with Crippen LogP contribution >= 0.6 is 0 Å². The van der Waals surface area contributed by atoms with Gasteiger partial charge in [-0.2, -0.15) is 0 Å². The predicted molar refractivity (Wildman–Crippen MR) is 66.8 cm³/mol. The van der Waals surface area contributed by atoms with Crippen molar-refractivity contribution in [1.82, 2.24) is 4.98 Å². The van der Waals surface area contributed by atoms with Gasteiger partial charge < -0.3 is 20.5 Å². The van der Waals surface area contributed by atoms with E-state index in [1.54, 1.807) is 20.8 Å². The first kappa shape index (κ1) is 14.6. The monoisotopic (exact) mass is 252 g/mol. The summed E-state index contributed by atoms with van der Waals surface area (Å²) in [7, 11) is -1.63. The van der Waals surface area contributed by atoms with E-state index in [1.165, 1.54) is 18.3 Å². The van der Waals surface area contributed by atoms with Gasteiger partial charge in [0.2, 0.25) is 0 Å². The molecule has 0 saturated heterocycles. The average Bonchev–Trinajstić information content (AvgIpc) is 2.26. The third-order valence-electron chi connectivity index (χ3n) is 2.08. The van der Waals surface area contributed by atoms with Crippen molar-refractivity contribution >= 4 is 18.6 Å². The lowest BCUT2D eigenvalue weighted by Crippen LogP contribution is -2.34. The van der Waals surface area contributed by atoms with Crippen molar-refractivity contribution in [3.8, 4) is 0 Å². The summed E-state index contributed by atoms with van der Waals surface area (Å²) in [5, 5.41) is 18.1. The number of carbonyl (C=O) groups is 1. The Hall–Kier alpha value is -1.44. The number of hydrogen-bond acceptors (Lipinski definition) is 6. The quantitative estimate of drug-likeness (QED) is 0.475. The Morgan fingerprint density at radius 1 is 1.50 bits per heavy atom. The maximum Gasteiger partial charge on any atom is 0.488 e. The fourth-order valence-corrected chi connectivity index (χ4v) is 1.28. The lowest BCUT2D eigenvalue weighted by Gasteiger charge is -2.22. The van der Waals surface area contributed by atoms with E-state index in [1.807, 2.05) is 0 Å². The molecule has 0 aliphatic rings. The van der Waals surface area contributed by atoms with Gasteiger partial charge in [-0.1, -0.05) is 0 Å². The van der Waals surface area contributed by atoms with Gasteiger partial charge in [0.25, 0.3) is 0 Å². The van der Waals surface area contributed by atoms with Crippen molar-refractivity contribution in [2.45, 2.75) is 32.4 Å². The Kier molecular flexibility index (Phi) is 4.45. The topological polar surface area (TPSA) is 106 Å². The lowest BCUT2D eigenvalue weighted by molar-refractivity contribution is -0.156. The molecule has 0 bridgehead atoms. The summed E-state index contributed by atoms with van der Waals surface area (Å²) < 4.78 is 5.13. The van der Waals surface area contributed by atoms with Gasteiger partial charge in [-0.25, -0.2) is 4.79 Å². The Bertz CT molecular complexity index is 431. The minimum absolute atomic E-state index is 0.221. The molecule has 0 amide bonds. The molecule has 18 heavy (non-hydrogen) atoms. The lowest BCUT2D eigenvalue weighted by atomic mass is 9.80. The zero-order valence-corrected chi connectivity index (χ0v) is 10.6. The van der Waals surface area contributed by atoms with Crippen LogP contribution in [0, 0.1) is 0 Å². The summed E-state index contributed by atoms with van der Waals surface area (Å²) in [5.74, 6) is -0.612. The molecule has 1 aromatic heterocycles. The fourth-order valence-electron chi connectivity index (χ4n) is 1.28. The highest BCUT2D eigenvalue weighted by Gasteiger charge is 2.25. The second-order valence-corrected chi connectivity index (χ2v) is 4.90. The molecule has 7 heteroatoms. The van der Waals surface area contributed by atoms with E-state index >= 15 is 0 Å². The van der Waals surface area contributed by atoms with E-state index in [0.717, 1.165) is 0 Å². The van der Waals surface area contributed by atoms with Crippen molar-refractivity contribution in [1.29, 1.82) is 0 Å². The number of carbonyl (C=O) groups excluding carboxylic acids is 1. The Balaban J connectivity index is 2.87. The van der Waals surface area contributed by atoms with E-state index < -0.39 is 24.7 Å². The minimum atomic E-state index is -1.63. The molecule has 0 saturated carbocycles. The van der Waals surface area contributed by atoms with Crippen LogP contribution in [0.2, 0.25) is 0 Å². The van der Waals surface area contributed by atoms with Crippen LogP contribution in [0.15, 0.2) is 18.3 Å². The number of pyridine rings is 1. The number of rotatable bonds is 3. The van der Waals surface area contributed by atoms with Gasteiger partial charge in [0.1, 0.15) is 11.6 Å². The molecule has 6 nitrogen and oxygen atoms in total. The third-order valence-corrected chi connectivity index (χ3v) is 2.08. The zero-order chi connectivity index (χ0) is 13.9. The molecule has 1 atom stereocenters. The van der Waals surface area contributed by atoms with Gasteiger partial charge in [0.05, 0.1) is 5.69 Å². The maximum absolute atomic E-state index is 11.7. The summed E-state index contributed by atoms with van der Waals surface area (Å²) in [6, 6.07) is 1.73. The van der Waals surface area contributed by atoms with Crippen molar-refractivity contribution in [3.05, 3.63) is 24.0 Å². The molecule has 0 aromatic carbocycles. The fraction of sp³-hybridized carbons (Fsp3) is 0.455. The number of hydrogen-bond donors (Lipinski definition) is 3. The Morgan fingerprint density at radius 3 is 2.61 bits per heavy atom. The number of esters is 1. The normalized spacial score (nSPS) is 13.0. The van der Waals surface area contributed by atoms with Gasteiger partial charge >= 0.3 is 13.1 Å². The van der Waals surface area contributed by atoms with E-state index in [9.17, 15) is 4.79 Å². The first-order valence-electron chi connectivity index (χ1n) is 5.51. The predicted octanol–water partition coefficient (Wildman–Crippen LogP) is -0.897. The smallest absolute Gasteiger partial charge is 0.459 e. The Morgan fingerprint density at radius 2 is 2.11 bits per heavy atom. The molecule has 1 rings (SSSR count). The minimum Gasteiger partial charge on any atom is -0.459 e. The largest absolute Gasteiger partial charge is 0.488 e. The van der Waals surface area contributed by atoms with Crippen LogP contribution < -0.4 is 11.2 Å². The van der Waals surface area contributed by atoms with E-state index in [4.69, 9.17) is 20.5 Å². The summed E-state index contributed by atoms with van der Waals surface area (Å²) >= 11 is 0. The summed E-state index contributed by atoms with van der Waals surface area (Å²) in [6.07, 6.45) is 1.36. The van der Waals surface area contributed by atoms with Gasteiger partial charge in [-0.15, -0.1) is 0 Å². The van der Waals surface area contributed by atoms with Crippen LogP contribution in [-0.4, -0.2) is 33.7 Å². The molecular weight excluding hydrogens is 235 g/mol. The Labute approximate surface area is 106 Å². The molecule has 0 spiro atoms. The van der Waals surface area contributed by atoms with Crippen LogP contribution in [0.3, 0.4) is 0 Å². The van der Waals surface area contributed by atoms with Crippen LogP contribution in [0.5, 0.6) is 0 Å². The number of aromatic nitrogens is 1. The highest BCUT2D eigenvalue weighted by Crippen LogP contribution is 2.14. The van der Waals surface area contributed by atoms with Gasteiger partial charge in [0.15, 0.2) is 0 Å². The first-order chi connectivity index (χ1) is 8.20. The van der Waals surface area contributed by atoms with Gasteiger partial charge in [-0.05, 0) is 38.4 Å². The van der Waals surface area contributed by atoms with Crippen LogP contribution in [0.1, 0.15) is 32.5 Å². The molecule has 0 fully saturated rings. The van der Waals surface area contributed by atoms with E-state index in [0.29, 0.717) is 0 Å². The van der Waals surface area contributed by atoms with E-state index in [-0.39, 0.29) is 11.2 Å². The van der Waals surface area contributed by atoms with Crippen LogP contribution in [0.4, 0.5) is 0 Å².